The van der Waals surface area contributed by atoms with E-state index in [1.807, 2.05) is 29.2 Å². The molecule has 0 spiro atoms. The van der Waals surface area contributed by atoms with E-state index in [1.165, 1.54) is 11.6 Å². The number of thiocarbonyl (C=S) groups is 1. The highest BCUT2D eigenvalue weighted by molar-refractivity contribution is 7.80. The van der Waals surface area contributed by atoms with Crippen LogP contribution in [0.15, 0.2) is 42.5 Å². The number of nitro groups is 1. The molecule has 0 unspecified atom stereocenters. The monoisotopic (exact) mass is 483 g/mol. The van der Waals surface area contributed by atoms with Crippen molar-refractivity contribution in [2.24, 2.45) is 0 Å². The summed E-state index contributed by atoms with van der Waals surface area (Å²) >= 11 is 5.28. The molecule has 2 aromatic carbocycles. The molecule has 180 valence electrons. The van der Waals surface area contributed by atoms with Gasteiger partial charge >= 0.3 is 0 Å². The molecule has 4 rings (SSSR count). The van der Waals surface area contributed by atoms with Gasteiger partial charge in [-0.2, -0.15) is 0 Å². The molecular formula is C24H29N5O4S. The summed E-state index contributed by atoms with van der Waals surface area (Å²) in [4.78, 5) is 28.3. The summed E-state index contributed by atoms with van der Waals surface area (Å²) in [7, 11) is 0. The van der Waals surface area contributed by atoms with Gasteiger partial charge in [-0.15, -0.1) is 0 Å². The number of piperidine rings is 1. The highest BCUT2D eigenvalue weighted by Crippen LogP contribution is 2.31. The fourth-order valence-electron chi connectivity index (χ4n) is 4.26. The van der Waals surface area contributed by atoms with E-state index in [9.17, 15) is 14.9 Å². The van der Waals surface area contributed by atoms with Crippen LogP contribution in [0.5, 0.6) is 0 Å². The van der Waals surface area contributed by atoms with Crippen LogP contribution < -0.4 is 15.5 Å². The Balaban J connectivity index is 1.35. The lowest BCUT2D eigenvalue weighted by molar-refractivity contribution is -0.384. The predicted octanol–water partition coefficient (Wildman–Crippen LogP) is 3.54. The Morgan fingerprint density at radius 2 is 1.74 bits per heavy atom. The molecular weight excluding hydrogens is 454 g/mol. The van der Waals surface area contributed by atoms with Crippen molar-refractivity contribution >= 4 is 40.3 Å². The first-order valence-corrected chi connectivity index (χ1v) is 12.0. The second-order valence-electron chi connectivity index (χ2n) is 8.50. The second kappa shape index (κ2) is 11.4. The molecule has 0 aliphatic carbocycles. The van der Waals surface area contributed by atoms with Crippen LogP contribution >= 0.6 is 12.2 Å². The number of benzene rings is 2. The maximum Gasteiger partial charge on any atom is 0.293 e. The van der Waals surface area contributed by atoms with E-state index < -0.39 is 10.8 Å². The fourth-order valence-corrected chi connectivity index (χ4v) is 4.47. The van der Waals surface area contributed by atoms with Crippen molar-refractivity contribution in [2.75, 3.05) is 49.6 Å². The second-order valence-corrected chi connectivity index (χ2v) is 8.91. The summed E-state index contributed by atoms with van der Waals surface area (Å²) in [5.74, 6) is -0.491. The summed E-state index contributed by atoms with van der Waals surface area (Å²) in [5, 5.41) is 17.4. The van der Waals surface area contributed by atoms with Gasteiger partial charge in [0, 0.05) is 50.0 Å². The Labute approximate surface area is 204 Å². The fraction of sp³-hybridized carbons (Fsp3) is 0.417. The predicted molar refractivity (Wildman–Crippen MR) is 135 cm³/mol. The van der Waals surface area contributed by atoms with Crippen LogP contribution in [0, 0.1) is 10.1 Å². The Morgan fingerprint density at radius 3 is 2.41 bits per heavy atom. The van der Waals surface area contributed by atoms with E-state index >= 15 is 0 Å². The van der Waals surface area contributed by atoms with Gasteiger partial charge < -0.3 is 15.0 Å². The van der Waals surface area contributed by atoms with E-state index in [1.54, 1.807) is 12.1 Å². The molecule has 0 atom stereocenters. The van der Waals surface area contributed by atoms with Gasteiger partial charge in [0.2, 0.25) is 0 Å². The number of amides is 1. The van der Waals surface area contributed by atoms with Gasteiger partial charge in [-0.05, 0) is 61.3 Å². The number of nitrogens with one attached hydrogen (secondary N) is 2. The topological polar surface area (TPSA) is 100.0 Å². The van der Waals surface area contributed by atoms with E-state index in [-0.39, 0.29) is 16.4 Å². The molecule has 2 heterocycles. The first-order chi connectivity index (χ1) is 16.5. The molecule has 0 radical (unpaired) electrons. The van der Waals surface area contributed by atoms with Crippen LogP contribution in [0.25, 0.3) is 0 Å². The van der Waals surface area contributed by atoms with Gasteiger partial charge in [0.05, 0.1) is 18.1 Å². The number of ether oxygens (including phenoxy) is 1. The Hall–Kier alpha value is -3.08. The number of carbonyl (C=O) groups excluding carboxylic acids is 1. The number of nitrogens with zero attached hydrogens (tertiary/aromatic N) is 3. The summed E-state index contributed by atoms with van der Waals surface area (Å²) in [6.45, 7) is 5.80. The van der Waals surface area contributed by atoms with E-state index in [0.29, 0.717) is 5.69 Å². The van der Waals surface area contributed by atoms with E-state index in [2.05, 4.69) is 15.5 Å². The molecule has 2 aromatic rings. The molecule has 2 aliphatic rings. The van der Waals surface area contributed by atoms with Crippen LogP contribution in [0.4, 0.5) is 17.1 Å². The number of rotatable bonds is 6. The van der Waals surface area contributed by atoms with Gasteiger partial charge in [-0.1, -0.05) is 12.1 Å². The lowest BCUT2D eigenvalue weighted by Crippen LogP contribution is -2.35. The molecule has 2 saturated heterocycles. The van der Waals surface area contributed by atoms with Crippen molar-refractivity contribution in [3.05, 3.63) is 63.7 Å². The Kier molecular flexibility index (Phi) is 8.04. The van der Waals surface area contributed by atoms with E-state index in [4.69, 9.17) is 17.0 Å². The minimum Gasteiger partial charge on any atom is -0.379 e. The molecule has 0 bridgehead atoms. The van der Waals surface area contributed by atoms with Crippen LogP contribution in [-0.4, -0.2) is 60.2 Å². The lowest BCUT2D eigenvalue weighted by atomic mass is 10.1. The number of anilines is 2. The smallest absolute Gasteiger partial charge is 0.293 e. The standard InChI is InChI=1S/C24H29N5O4S/c30-23(19-6-9-21(22(16-19)29(31)32)28-10-2-1-3-11-28)26-24(34)25-20-7-4-18(5-8-20)17-27-12-14-33-15-13-27/h4-9,16H,1-3,10-15,17H2,(H2,25,26,30,34). The third-order valence-electron chi connectivity index (χ3n) is 6.08. The van der Waals surface area contributed by atoms with E-state index in [0.717, 1.165) is 70.9 Å². The molecule has 1 amide bonds. The SMILES string of the molecule is O=C(NC(=S)Nc1ccc(CN2CCOCC2)cc1)c1ccc(N2CCCCC2)c([N+](=O)[O-])c1. The van der Waals surface area contributed by atoms with Crippen molar-refractivity contribution < 1.29 is 14.5 Å². The van der Waals surface area contributed by atoms with Crippen LogP contribution in [0.2, 0.25) is 0 Å². The molecule has 2 N–H and O–H groups in total. The molecule has 9 nitrogen and oxygen atoms in total. The van der Waals surface area contributed by atoms with Gasteiger partial charge in [-0.25, -0.2) is 0 Å². The normalized spacial score (nSPS) is 16.6. The molecule has 10 heteroatoms. The minimum absolute atomic E-state index is 0.0655. The van der Waals surface area contributed by atoms with Crippen molar-refractivity contribution in [2.45, 2.75) is 25.8 Å². The highest BCUT2D eigenvalue weighted by Gasteiger charge is 2.23. The summed E-state index contributed by atoms with van der Waals surface area (Å²) in [5.41, 5.74) is 2.62. The number of nitro benzene ring substituents is 1. The number of carbonyl (C=O) groups is 1. The molecule has 2 fully saturated rings. The van der Waals surface area contributed by atoms with Crippen molar-refractivity contribution in [1.29, 1.82) is 0 Å². The van der Waals surface area contributed by atoms with Gasteiger partial charge in [-0.3, -0.25) is 25.1 Å². The average Bonchev–Trinajstić information content (AvgIpc) is 2.86. The first kappa shape index (κ1) is 24.1. The zero-order chi connectivity index (χ0) is 23.9. The first-order valence-electron chi connectivity index (χ1n) is 11.5. The van der Waals surface area contributed by atoms with Crippen LogP contribution in [0.3, 0.4) is 0 Å². The van der Waals surface area contributed by atoms with Gasteiger partial charge in [0.15, 0.2) is 5.11 Å². The van der Waals surface area contributed by atoms with Crippen LogP contribution in [0.1, 0.15) is 35.2 Å². The molecule has 2 aliphatic heterocycles. The average molecular weight is 484 g/mol. The maximum absolute atomic E-state index is 12.7. The van der Waals surface area contributed by atoms with Crippen LogP contribution in [-0.2, 0) is 11.3 Å². The summed E-state index contributed by atoms with van der Waals surface area (Å²) in [6, 6.07) is 12.4. The van der Waals surface area contributed by atoms with Gasteiger partial charge in [0.1, 0.15) is 5.69 Å². The third-order valence-corrected chi connectivity index (χ3v) is 6.28. The van der Waals surface area contributed by atoms with Gasteiger partial charge in [0.25, 0.3) is 11.6 Å². The molecule has 0 saturated carbocycles. The number of hydrogen-bond acceptors (Lipinski definition) is 7. The summed E-state index contributed by atoms with van der Waals surface area (Å²) in [6.07, 6.45) is 3.15. The molecule has 0 aromatic heterocycles. The molecule has 34 heavy (non-hydrogen) atoms. The number of morpholine rings is 1. The largest absolute Gasteiger partial charge is 0.379 e. The lowest BCUT2D eigenvalue weighted by Gasteiger charge is -2.28. The summed E-state index contributed by atoms with van der Waals surface area (Å²) < 4.78 is 5.38. The number of hydrogen-bond donors (Lipinski definition) is 2. The minimum atomic E-state index is -0.491. The maximum atomic E-state index is 12.7. The van der Waals surface area contributed by atoms with Crippen molar-refractivity contribution in [3.63, 3.8) is 0 Å². The third kappa shape index (κ3) is 6.28. The zero-order valence-electron chi connectivity index (χ0n) is 19.0. The van der Waals surface area contributed by atoms with Crippen molar-refractivity contribution in [1.82, 2.24) is 10.2 Å². The quantitative estimate of drug-likeness (QED) is 0.366. The highest BCUT2D eigenvalue weighted by atomic mass is 32.1. The zero-order valence-corrected chi connectivity index (χ0v) is 19.8. The van der Waals surface area contributed by atoms with Crippen molar-refractivity contribution in [3.8, 4) is 0 Å². The Bertz CT molecular complexity index is 1030. The Morgan fingerprint density at radius 1 is 1.03 bits per heavy atom.